The predicted molar refractivity (Wildman–Crippen MR) is 209 cm³/mol. The monoisotopic (exact) mass is 788 g/mol. The van der Waals surface area contributed by atoms with Crippen molar-refractivity contribution < 1.29 is 9.18 Å². The highest BCUT2D eigenvalue weighted by molar-refractivity contribution is 6.31. The third-order valence-electron chi connectivity index (χ3n) is 7.90. The normalized spacial score (nSPS) is 12.4. The summed E-state index contributed by atoms with van der Waals surface area (Å²) in [5.41, 5.74) is 4.44. The number of hydrogen-bond donors (Lipinski definition) is 1. The first kappa shape index (κ1) is 39.3. The Kier molecular flexibility index (Phi) is 13.9. The zero-order chi connectivity index (χ0) is 37.8. The fourth-order valence-corrected chi connectivity index (χ4v) is 5.63. The van der Waals surface area contributed by atoms with Crippen molar-refractivity contribution in [3.05, 3.63) is 152 Å². The van der Waals surface area contributed by atoms with Gasteiger partial charge in [0.15, 0.2) is 22.6 Å². The molecule has 53 heavy (non-hydrogen) atoms. The van der Waals surface area contributed by atoms with E-state index in [1.165, 1.54) is 18.3 Å². The molecule has 0 bridgehead atoms. The highest BCUT2D eigenvalue weighted by Crippen LogP contribution is 2.28. The Balaban J connectivity index is 0.000000165. The van der Waals surface area contributed by atoms with Gasteiger partial charge in [-0.15, -0.1) is 15.3 Å². The molecule has 7 rings (SSSR count). The highest BCUT2D eigenvalue weighted by Gasteiger charge is 2.21. The first-order valence-electron chi connectivity index (χ1n) is 16.3. The van der Waals surface area contributed by atoms with Crippen LogP contribution in [0.5, 0.6) is 0 Å². The molecule has 0 saturated carbocycles. The number of nitrogens with one attached hydrogen (secondary N) is 1. The van der Waals surface area contributed by atoms with Gasteiger partial charge in [0, 0.05) is 31.8 Å². The Hall–Kier alpha value is -4.87. The molecule has 0 radical (unpaired) electrons. The van der Waals surface area contributed by atoms with E-state index in [0.717, 1.165) is 46.6 Å². The molecule has 3 heterocycles. The number of nitrogens with zero attached hydrogens (tertiary/aromatic N) is 7. The van der Waals surface area contributed by atoms with Gasteiger partial charge in [0.1, 0.15) is 18.2 Å². The molecule has 2 aromatic heterocycles. The molecule has 0 fully saturated rings. The van der Waals surface area contributed by atoms with Crippen LogP contribution in [0.2, 0.25) is 20.2 Å². The Morgan fingerprint density at radius 2 is 1.25 bits per heavy atom. The van der Waals surface area contributed by atoms with Crippen molar-refractivity contribution in [2.45, 2.75) is 32.1 Å². The number of benzene rings is 4. The van der Waals surface area contributed by atoms with Gasteiger partial charge in [0.25, 0.3) is 0 Å². The highest BCUT2D eigenvalue weighted by atomic mass is 35.5. The van der Waals surface area contributed by atoms with Crippen LogP contribution in [0.1, 0.15) is 37.1 Å². The van der Waals surface area contributed by atoms with Crippen LogP contribution < -0.4 is 5.32 Å². The van der Waals surface area contributed by atoms with Crippen molar-refractivity contribution in [2.24, 2.45) is 4.99 Å². The van der Waals surface area contributed by atoms with Crippen molar-refractivity contribution in [1.82, 2.24) is 35.7 Å². The first-order chi connectivity index (χ1) is 25.4. The third kappa shape index (κ3) is 12.1. The zero-order valence-corrected chi connectivity index (χ0v) is 31.7. The number of Topliss-reactive ketones (excluding diaryl/α,β-unsaturated/α-hetero) is 1. The minimum absolute atomic E-state index is 0.0823. The van der Waals surface area contributed by atoms with E-state index in [0.29, 0.717) is 33.3 Å². The fraction of sp³-hybridized carbons (Fsp3) is 0.179. The van der Waals surface area contributed by atoms with Gasteiger partial charge in [0.2, 0.25) is 0 Å². The molecule has 0 saturated heterocycles. The molecule has 4 aromatic carbocycles. The third-order valence-corrected chi connectivity index (χ3v) is 8.78. The first-order valence-corrected chi connectivity index (χ1v) is 17.8. The minimum atomic E-state index is -0.216. The molecule has 0 aliphatic carbocycles. The van der Waals surface area contributed by atoms with E-state index in [4.69, 9.17) is 46.4 Å². The molecular weight excluding hydrogens is 757 g/mol. The Bertz CT molecular complexity index is 2170. The van der Waals surface area contributed by atoms with E-state index in [1.807, 2.05) is 66.7 Å². The SMILES string of the molecule is CC(C)(CCc1cnc(-c2cccc(Cl)c2)nn1)c1ccc(F)cc1.Clc1cccc(-c2ncc(Cl)nn2)c1.O=C1CN=C(c2cccc(Cl)c2)NC1. The molecule has 0 spiro atoms. The van der Waals surface area contributed by atoms with Crippen LogP contribution in [0.25, 0.3) is 22.8 Å². The summed E-state index contributed by atoms with van der Waals surface area (Å²) in [7, 11) is 0. The Morgan fingerprint density at radius 1 is 0.698 bits per heavy atom. The quantitative estimate of drug-likeness (QED) is 0.170. The molecule has 0 atom stereocenters. The van der Waals surface area contributed by atoms with E-state index >= 15 is 0 Å². The van der Waals surface area contributed by atoms with Gasteiger partial charge in [-0.2, -0.15) is 5.10 Å². The summed E-state index contributed by atoms with van der Waals surface area (Å²) in [4.78, 5) is 23.4. The smallest absolute Gasteiger partial charge is 0.181 e. The number of hydrogen-bond acceptors (Lipinski definition) is 9. The molecule has 6 aromatic rings. The average molecular weight is 791 g/mol. The molecule has 14 heteroatoms. The number of ketones is 1. The van der Waals surface area contributed by atoms with E-state index in [1.54, 1.807) is 24.4 Å². The molecule has 1 aliphatic rings. The maximum atomic E-state index is 13.1. The summed E-state index contributed by atoms with van der Waals surface area (Å²) in [5, 5.41) is 21.2. The van der Waals surface area contributed by atoms with Crippen LogP contribution >= 0.6 is 46.4 Å². The van der Waals surface area contributed by atoms with E-state index in [2.05, 4.69) is 54.5 Å². The predicted octanol–water partition coefficient (Wildman–Crippen LogP) is 9.35. The van der Waals surface area contributed by atoms with Gasteiger partial charge in [-0.25, -0.2) is 14.4 Å². The number of aromatic nitrogens is 6. The number of aryl methyl sites for hydroxylation is 1. The van der Waals surface area contributed by atoms with Gasteiger partial charge >= 0.3 is 0 Å². The number of carbonyl (C=O) groups excluding carboxylic acids is 1. The number of amidine groups is 1. The van der Waals surface area contributed by atoms with Crippen LogP contribution in [-0.2, 0) is 16.6 Å². The van der Waals surface area contributed by atoms with Crippen LogP contribution in [0, 0.1) is 5.82 Å². The standard InChI is InChI=1S/C20H19ClFN3.C10H9ClN2O.C9H5Cl2N3/c1-20(2,15-6-8-17(22)9-7-15)11-10-18-13-23-19(25-24-18)14-4-3-5-16(21)12-14;11-8-3-1-2-7(4-8)10-12-5-9(14)6-13-10;10-7-3-1-2-6(4-7)9-12-5-8(11)13-14-9/h3-9,12-13H,10-11H2,1-2H3;1-4H,5-6H2,(H,12,13);1-5H. The van der Waals surface area contributed by atoms with Crippen molar-refractivity contribution in [3.63, 3.8) is 0 Å². The lowest BCUT2D eigenvalue weighted by Gasteiger charge is -2.25. The second-order valence-electron chi connectivity index (χ2n) is 12.4. The topological polar surface area (TPSA) is 119 Å². The number of halogens is 5. The molecular formula is C39H33Cl4FN8O. The molecule has 0 amide bonds. The summed E-state index contributed by atoms with van der Waals surface area (Å²) in [6.07, 6.45) is 4.82. The Morgan fingerprint density at radius 3 is 1.74 bits per heavy atom. The Labute approximate surface area is 326 Å². The van der Waals surface area contributed by atoms with Crippen LogP contribution in [0.15, 0.2) is 114 Å². The largest absolute Gasteiger partial charge is 0.363 e. The summed E-state index contributed by atoms with van der Waals surface area (Å²) >= 11 is 23.2. The van der Waals surface area contributed by atoms with E-state index < -0.39 is 0 Å². The lowest BCUT2D eigenvalue weighted by molar-refractivity contribution is -0.116. The van der Waals surface area contributed by atoms with E-state index in [9.17, 15) is 9.18 Å². The summed E-state index contributed by atoms with van der Waals surface area (Å²) in [6.45, 7) is 4.89. The molecule has 270 valence electrons. The molecule has 1 aliphatic heterocycles. The summed E-state index contributed by atoms with van der Waals surface area (Å²) in [6, 6.07) is 28.7. The molecule has 9 nitrogen and oxygen atoms in total. The number of carbonyl (C=O) groups is 1. The lowest BCUT2D eigenvalue weighted by atomic mass is 9.80. The van der Waals surface area contributed by atoms with Crippen LogP contribution in [0.4, 0.5) is 4.39 Å². The van der Waals surface area contributed by atoms with Crippen molar-refractivity contribution >= 4 is 58.0 Å². The van der Waals surface area contributed by atoms with Gasteiger partial charge < -0.3 is 5.32 Å². The van der Waals surface area contributed by atoms with Crippen molar-refractivity contribution in [1.29, 1.82) is 0 Å². The molecule has 0 unspecified atom stereocenters. The van der Waals surface area contributed by atoms with E-state index in [-0.39, 0.29) is 28.7 Å². The maximum absolute atomic E-state index is 13.1. The molecule has 1 N–H and O–H groups in total. The van der Waals surface area contributed by atoms with Crippen molar-refractivity contribution in [2.75, 3.05) is 13.1 Å². The van der Waals surface area contributed by atoms with Crippen molar-refractivity contribution in [3.8, 4) is 22.8 Å². The maximum Gasteiger partial charge on any atom is 0.181 e. The average Bonchev–Trinajstić information content (AvgIpc) is 3.16. The van der Waals surface area contributed by atoms with Gasteiger partial charge in [0.05, 0.1) is 24.6 Å². The van der Waals surface area contributed by atoms with Gasteiger partial charge in [-0.3, -0.25) is 9.79 Å². The van der Waals surface area contributed by atoms with Gasteiger partial charge in [-0.1, -0.05) is 109 Å². The second kappa shape index (κ2) is 18.8. The summed E-state index contributed by atoms with van der Waals surface area (Å²) in [5.74, 6) is 1.70. The second-order valence-corrected chi connectivity index (χ2v) is 14.1. The summed E-state index contributed by atoms with van der Waals surface area (Å²) < 4.78 is 13.1. The number of rotatable bonds is 7. The number of aliphatic imine (C=N–C) groups is 1. The van der Waals surface area contributed by atoms with Gasteiger partial charge in [-0.05, 0) is 72.4 Å². The zero-order valence-electron chi connectivity index (χ0n) is 28.6. The van der Waals surface area contributed by atoms with Crippen LogP contribution in [-0.4, -0.2) is 55.1 Å². The fourth-order valence-electron chi connectivity index (χ4n) is 4.97. The minimum Gasteiger partial charge on any atom is -0.363 e. The van der Waals surface area contributed by atoms with Crippen LogP contribution in [0.3, 0.4) is 0 Å². The lowest BCUT2D eigenvalue weighted by Crippen LogP contribution is -2.36.